The molecule has 0 aliphatic carbocycles. The van der Waals surface area contributed by atoms with Crippen molar-refractivity contribution < 1.29 is 24.3 Å². The van der Waals surface area contributed by atoms with E-state index in [4.69, 9.17) is 5.11 Å². The summed E-state index contributed by atoms with van der Waals surface area (Å²) < 4.78 is 0. The number of benzene rings is 1. The largest absolute Gasteiger partial charge is 0.480 e. The standard InChI is InChI=1S/C19H25N3O5/c1-3-5-16(23)22-11-4-6-15(22)18(25)21-14-9-7-13(8-10-14)17(24)20-12(2)19(26)27/h7-10,12,15H,3-6,11H2,1-2H3,(H,20,24)(H,21,25)(H,26,27). The summed E-state index contributed by atoms with van der Waals surface area (Å²) in [6.45, 7) is 3.90. The zero-order valence-electron chi connectivity index (χ0n) is 15.5. The Kier molecular flexibility index (Phi) is 6.92. The highest BCUT2D eigenvalue weighted by atomic mass is 16.4. The molecule has 1 aliphatic heterocycles. The number of anilines is 1. The van der Waals surface area contributed by atoms with Crippen LogP contribution in [0.2, 0.25) is 0 Å². The molecular formula is C19H25N3O5. The lowest BCUT2D eigenvalue weighted by Gasteiger charge is -2.24. The number of hydrogen-bond donors (Lipinski definition) is 3. The van der Waals surface area contributed by atoms with Crippen LogP contribution in [-0.4, -0.2) is 52.3 Å². The molecule has 3 amide bonds. The highest BCUT2D eigenvalue weighted by Gasteiger charge is 2.33. The summed E-state index contributed by atoms with van der Waals surface area (Å²) in [5.74, 6) is -1.87. The molecule has 0 aromatic heterocycles. The van der Waals surface area contributed by atoms with Crippen LogP contribution in [0.25, 0.3) is 0 Å². The van der Waals surface area contributed by atoms with E-state index in [-0.39, 0.29) is 11.8 Å². The fourth-order valence-electron chi connectivity index (χ4n) is 2.97. The Morgan fingerprint density at radius 3 is 2.48 bits per heavy atom. The van der Waals surface area contributed by atoms with E-state index >= 15 is 0 Å². The topological polar surface area (TPSA) is 116 Å². The van der Waals surface area contributed by atoms with Gasteiger partial charge in [0, 0.05) is 24.2 Å². The molecule has 1 aromatic carbocycles. The van der Waals surface area contributed by atoms with E-state index in [1.807, 2.05) is 6.92 Å². The number of carbonyl (C=O) groups excluding carboxylic acids is 3. The van der Waals surface area contributed by atoms with E-state index in [1.54, 1.807) is 17.0 Å². The molecule has 0 saturated carbocycles. The second-order valence-corrected chi connectivity index (χ2v) is 6.60. The van der Waals surface area contributed by atoms with Crippen LogP contribution < -0.4 is 10.6 Å². The molecule has 0 bridgehead atoms. The number of nitrogens with one attached hydrogen (secondary N) is 2. The summed E-state index contributed by atoms with van der Waals surface area (Å²) in [7, 11) is 0. The Balaban J connectivity index is 1.97. The minimum absolute atomic E-state index is 0.00489. The zero-order valence-corrected chi connectivity index (χ0v) is 15.5. The van der Waals surface area contributed by atoms with E-state index in [1.165, 1.54) is 19.1 Å². The third-order valence-electron chi connectivity index (χ3n) is 4.47. The molecule has 2 atom stereocenters. The fraction of sp³-hybridized carbons (Fsp3) is 0.474. The number of amides is 3. The molecule has 0 spiro atoms. The first-order valence-corrected chi connectivity index (χ1v) is 9.07. The van der Waals surface area contributed by atoms with E-state index in [0.29, 0.717) is 30.6 Å². The van der Waals surface area contributed by atoms with Gasteiger partial charge in [-0.15, -0.1) is 0 Å². The Hall–Kier alpha value is -2.90. The Morgan fingerprint density at radius 2 is 1.89 bits per heavy atom. The summed E-state index contributed by atoms with van der Waals surface area (Å²) in [4.78, 5) is 49.1. The summed E-state index contributed by atoms with van der Waals surface area (Å²) in [5, 5.41) is 14.0. The van der Waals surface area contributed by atoms with Crippen molar-refractivity contribution in [3.8, 4) is 0 Å². The first-order valence-electron chi connectivity index (χ1n) is 9.07. The van der Waals surface area contributed by atoms with Gasteiger partial charge >= 0.3 is 5.97 Å². The SMILES string of the molecule is CCCC(=O)N1CCCC1C(=O)Nc1ccc(C(=O)NC(C)C(=O)O)cc1. The van der Waals surface area contributed by atoms with Crippen molar-refractivity contribution in [3.63, 3.8) is 0 Å². The van der Waals surface area contributed by atoms with Crippen molar-refractivity contribution in [1.82, 2.24) is 10.2 Å². The predicted molar refractivity (Wildman–Crippen MR) is 99.3 cm³/mol. The molecule has 0 radical (unpaired) electrons. The lowest BCUT2D eigenvalue weighted by Crippen LogP contribution is -2.43. The quantitative estimate of drug-likeness (QED) is 0.670. The number of carbonyl (C=O) groups is 4. The van der Waals surface area contributed by atoms with Gasteiger partial charge in [-0.3, -0.25) is 19.2 Å². The summed E-state index contributed by atoms with van der Waals surface area (Å²) in [5.41, 5.74) is 0.805. The molecule has 1 aromatic rings. The summed E-state index contributed by atoms with van der Waals surface area (Å²) >= 11 is 0. The lowest BCUT2D eigenvalue weighted by molar-refractivity contribution is -0.138. The monoisotopic (exact) mass is 375 g/mol. The van der Waals surface area contributed by atoms with E-state index in [2.05, 4.69) is 10.6 Å². The molecular weight excluding hydrogens is 350 g/mol. The maximum Gasteiger partial charge on any atom is 0.325 e. The molecule has 1 saturated heterocycles. The number of hydrogen-bond acceptors (Lipinski definition) is 4. The van der Waals surface area contributed by atoms with Gasteiger partial charge in [-0.2, -0.15) is 0 Å². The molecule has 27 heavy (non-hydrogen) atoms. The van der Waals surface area contributed by atoms with Crippen molar-refractivity contribution in [3.05, 3.63) is 29.8 Å². The number of rotatable bonds is 7. The lowest BCUT2D eigenvalue weighted by atomic mass is 10.1. The molecule has 146 valence electrons. The van der Waals surface area contributed by atoms with Crippen molar-refractivity contribution in [1.29, 1.82) is 0 Å². The van der Waals surface area contributed by atoms with Crippen LogP contribution in [0, 0.1) is 0 Å². The average molecular weight is 375 g/mol. The highest BCUT2D eigenvalue weighted by Crippen LogP contribution is 2.21. The minimum Gasteiger partial charge on any atom is -0.480 e. The third-order valence-corrected chi connectivity index (χ3v) is 4.47. The van der Waals surface area contributed by atoms with Gasteiger partial charge in [0.05, 0.1) is 0 Å². The third kappa shape index (κ3) is 5.29. The van der Waals surface area contributed by atoms with Gasteiger partial charge in [-0.25, -0.2) is 0 Å². The molecule has 1 heterocycles. The van der Waals surface area contributed by atoms with Crippen molar-refractivity contribution in [2.24, 2.45) is 0 Å². The first-order chi connectivity index (χ1) is 12.8. The van der Waals surface area contributed by atoms with E-state index < -0.39 is 24.0 Å². The van der Waals surface area contributed by atoms with Crippen LogP contribution in [0.1, 0.15) is 49.9 Å². The minimum atomic E-state index is -1.12. The molecule has 8 nitrogen and oxygen atoms in total. The first kappa shape index (κ1) is 20.4. The molecule has 8 heteroatoms. The maximum absolute atomic E-state index is 12.5. The normalized spacial score (nSPS) is 17.3. The van der Waals surface area contributed by atoms with Gasteiger partial charge < -0.3 is 20.6 Å². The Bertz CT molecular complexity index is 717. The Morgan fingerprint density at radius 1 is 1.22 bits per heavy atom. The number of carboxylic acids is 1. The van der Waals surface area contributed by atoms with Gasteiger partial charge in [0.1, 0.15) is 12.1 Å². The smallest absolute Gasteiger partial charge is 0.325 e. The van der Waals surface area contributed by atoms with Crippen LogP contribution in [-0.2, 0) is 14.4 Å². The molecule has 2 rings (SSSR count). The number of nitrogens with zero attached hydrogens (tertiary/aromatic N) is 1. The van der Waals surface area contributed by atoms with Gasteiger partial charge in [0.15, 0.2) is 0 Å². The van der Waals surface area contributed by atoms with Crippen molar-refractivity contribution >= 4 is 29.4 Å². The maximum atomic E-state index is 12.5. The van der Waals surface area contributed by atoms with Crippen molar-refractivity contribution in [2.75, 3.05) is 11.9 Å². The van der Waals surface area contributed by atoms with Crippen molar-refractivity contribution in [2.45, 2.75) is 51.6 Å². The summed E-state index contributed by atoms with van der Waals surface area (Å²) in [6.07, 6.45) is 2.61. The average Bonchev–Trinajstić information content (AvgIpc) is 3.12. The van der Waals surface area contributed by atoms with Crippen LogP contribution in [0.4, 0.5) is 5.69 Å². The van der Waals surface area contributed by atoms with E-state index in [9.17, 15) is 19.2 Å². The zero-order chi connectivity index (χ0) is 20.0. The molecule has 1 fully saturated rings. The Labute approximate surface area is 157 Å². The van der Waals surface area contributed by atoms with Crippen LogP contribution in [0.5, 0.6) is 0 Å². The van der Waals surface area contributed by atoms with Gasteiger partial charge in [0.2, 0.25) is 11.8 Å². The number of likely N-dealkylation sites (tertiary alicyclic amines) is 1. The van der Waals surface area contributed by atoms with Gasteiger partial charge in [0.25, 0.3) is 5.91 Å². The van der Waals surface area contributed by atoms with Gasteiger partial charge in [-0.1, -0.05) is 6.92 Å². The molecule has 3 N–H and O–H groups in total. The number of carboxylic acid groups (broad SMARTS) is 1. The summed E-state index contributed by atoms with van der Waals surface area (Å²) in [6, 6.07) is 4.70. The molecule has 2 unspecified atom stereocenters. The second kappa shape index (κ2) is 9.16. The highest BCUT2D eigenvalue weighted by molar-refractivity contribution is 5.99. The molecule has 1 aliphatic rings. The van der Waals surface area contributed by atoms with Gasteiger partial charge in [-0.05, 0) is 50.5 Å². The van der Waals surface area contributed by atoms with Crippen LogP contribution in [0.3, 0.4) is 0 Å². The second-order valence-electron chi connectivity index (χ2n) is 6.60. The van der Waals surface area contributed by atoms with Crippen LogP contribution in [0.15, 0.2) is 24.3 Å². The predicted octanol–water partition coefficient (Wildman–Crippen LogP) is 1.62. The number of aliphatic carboxylic acids is 1. The van der Waals surface area contributed by atoms with Crippen LogP contribution >= 0.6 is 0 Å². The van der Waals surface area contributed by atoms with E-state index in [0.717, 1.165) is 12.8 Å². The fourth-order valence-corrected chi connectivity index (χ4v) is 2.97.